The van der Waals surface area contributed by atoms with Crippen LogP contribution in [0.15, 0.2) is 36.7 Å². The minimum atomic E-state index is -0.393. The number of imidazole rings is 1. The molecule has 1 aromatic carbocycles. The van der Waals surface area contributed by atoms with Gasteiger partial charge in [0, 0.05) is 37.6 Å². The molecule has 0 aliphatic rings. The fraction of sp³-hybridized carbons (Fsp3) is 0.308. The van der Waals surface area contributed by atoms with E-state index in [9.17, 15) is 10.1 Å². The molecule has 0 fully saturated rings. The van der Waals surface area contributed by atoms with Crippen LogP contribution < -0.4 is 5.32 Å². The first-order chi connectivity index (χ1) is 9.08. The number of aryl methyl sites for hydroxylation is 1. The Morgan fingerprint density at radius 2 is 2.11 bits per heavy atom. The van der Waals surface area contributed by atoms with E-state index >= 15 is 0 Å². The number of nitrogens with zero attached hydrogens (tertiary/aromatic N) is 3. The minimum Gasteiger partial charge on any atom is -0.337 e. The van der Waals surface area contributed by atoms with Crippen molar-refractivity contribution in [3.8, 4) is 0 Å². The molecule has 0 spiro atoms. The maximum absolute atomic E-state index is 10.6. The number of aromatic nitrogens is 2. The van der Waals surface area contributed by atoms with Crippen LogP contribution in [0.2, 0.25) is 0 Å². The van der Waals surface area contributed by atoms with Gasteiger partial charge in [0.05, 0.1) is 11.5 Å². The van der Waals surface area contributed by atoms with E-state index in [0.29, 0.717) is 6.54 Å². The van der Waals surface area contributed by atoms with Gasteiger partial charge in [-0.1, -0.05) is 12.1 Å². The minimum absolute atomic E-state index is 0.109. The van der Waals surface area contributed by atoms with Crippen LogP contribution in [-0.4, -0.2) is 14.5 Å². The third-order valence-electron chi connectivity index (χ3n) is 3.09. The van der Waals surface area contributed by atoms with Gasteiger partial charge in [-0.25, -0.2) is 4.98 Å². The second-order valence-corrected chi connectivity index (χ2v) is 4.41. The van der Waals surface area contributed by atoms with Gasteiger partial charge in [0.25, 0.3) is 5.69 Å². The molecule has 2 aromatic rings. The summed E-state index contributed by atoms with van der Waals surface area (Å²) in [6.07, 6.45) is 3.65. The standard InChI is InChI=1S/C13H16N4O2/c1-10(15-9-13-14-7-8-16(13)2)11-3-5-12(6-4-11)17(18)19/h3-8,10,15H,9H2,1-2H3. The molecule has 1 heterocycles. The number of nitro groups is 1. The van der Waals surface area contributed by atoms with Gasteiger partial charge in [-0.05, 0) is 12.5 Å². The van der Waals surface area contributed by atoms with E-state index in [0.717, 1.165) is 11.4 Å². The Morgan fingerprint density at radius 3 is 2.63 bits per heavy atom. The highest BCUT2D eigenvalue weighted by Crippen LogP contribution is 2.17. The molecular weight excluding hydrogens is 244 g/mol. The molecule has 1 atom stereocenters. The highest BCUT2D eigenvalue weighted by Gasteiger charge is 2.09. The summed E-state index contributed by atoms with van der Waals surface area (Å²) in [5.74, 6) is 0.953. The van der Waals surface area contributed by atoms with E-state index in [1.807, 2.05) is 24.7 Å². The fourth-order valence-electron chi connectivity index (χ4n) is 1.81. The van der Waals surface area contributed by atoms with Crippen LogP contribution in [-0.2, 0) is 13.6 Å². The van der Waals surface area contributed by atoms with Gasteiger partial charge in [0.2, 0.25) is 0 Å². The molecule has 1 unspecified atom stereocenters. The van der Waals surface area contributed by atoms with Crippen molar-refractivity contribution in [2.24, 2.45) is 7.05 Å². The van der Waals surface area contributed by atoms with E-state index in [4.69, 9.17) is 0 Å². The van der Waals surface area contributed by atoms with Crippen molar-refractivity contribution in [1.82, 2.24) is 14.9 Å². The predicted octanol–water partition coefficient (Wildman–Crippen LogP) is 2.18. The lowest BCUT2D eigenvalue weighted by Gasteiger charge is -2.13. The molecule has 0 aliphatic heterocycles. The molecule has 0 saturated heterocycles. The van der Waals surface area contributed by atoms with E-state index in [2.05, 4.69) is 10.3 Å². The molecule has 0 aliphatic carbocycles. The first-order valence-corrected chi connectivity index (χ1v) is 6.02. The lowest BCUT2D eigenvalue weighted by molar-refractivity contribution is -0.384. The van der Waals surface area contributed by atoms with Gasteiger partial charge in [-0.15, -0.1) is 0 Å². The molecule has 100 valence electrons. The smallest absolute Gasteiger partial charge is 0.269 e. The highest BCUT2D eigenvalue weighted by molar-refractivity contribution is 5.34. The van der Waals surface area contributed by atoms with Crippen LogP contribution in [0.25, 0.3) is 0 Å². The number of benzene rings is 1. The van der Waals surface area contributed by atoms with Crippen molar-refractivity contribution in [2.45, 2.75) is 19.5 Å². The first-order valence-electron chi connectivity index (χ1n) is 6.02. The molecule has 1 aromatic heterocycles. The zero-order chi connectivity index (χ0) is 13.8. The Kier molecular flexibility index (Phi) is 3.91. The molecule has 0 amide bonds. The van der Waals surface area contributed by atoms with Crippen molar-refractivity contribution >= 4 is 5.69 Å². The van der Waals surface area contributed by atoms with Crippen molar-refractivity contribution in [2.75, 3.05) is 0 Å². The Morgan fingerprint density at radius 1 is 1.42 bits per heavy atom. The Balaban J connectivity index is 1.98. The highest BCUT2D eigenvalue weighted by atomic mass is 16.6. The van der Waals surface area contributed by atoms with Gasteiger partial charge >= 0.3 is 0 Å². The quantitative estimate of drug-likeness (QED) is 0.660. The molecule has 2 rings (SSSR count). The van der Waals surface area contributed by atoms with Crippen LogP contribution in [0, 0.1) is 10.1 Å². The van der Waals surface area contributed by atoms with Gasteiger partial charge in [0.1, 0.15) is 5.82 Å². The SMILES string of the molecule is CC(NCc1nccn1C)c1ccc([N+](=O)[O-])cc1. The molecule has 0 bridgehead atoms. The van der Waals surface area contributed by atoms with E-state index in [1.54, 1.807) is 18.3 Å². The molecule has 1 N–H and O–H groups in total. The zero-order valence-corrected chi connectivity index (χ0v) is 10.9. The Labute approximate surface area is 111 Å². The average Bonchev–Trinajstić information content (AvgIpc) is 2.81. The number of nitro benzene ring substituents is 1. The van der Waals surface area contributed by atoms with Gasteiger partial charge in [0.15, 0.2) is 0 Å². The van der Waals surface area contributed by atoms with Crippen LogP contribution in [0.5, 0.6) is 0 Å². The second-order valence-electron chi connectivity index (χ2n) is 4.41. The van der Waals surface area contributed by atoms with Crippen molar-refractivity contribution in [3.63, 3.8) is 0 Å². The summed E-state index contributed by atoms with van der Waals surface area (Å²) in [6.45, 7) is 2.67. The fourth-order valence-corrected chi connectivity index (χ4v) is 1.81. The Hall–Kier alpha value is -2.21. The molecule has 0 radical (unpaired) electrons. The molecular formula is C13H16N4O2. The number of non-ortho nitro benzene ring substituents is 1. The second kappa shape index (κ2) is 5.62. The summed E-state index contributed by atoms with van der Waals surface area (Å²) in [4.78, 5) is 14.4. The van der Waals surface area contributed by atoms with Gasteiger partial charge < -0.3 is 9.88 Å². The maximum Gasteiger partial charge on any atom is 0.269 e. The van der Waals surface area contributed by atoms with Crippen LogP contribution in [0.4, 0.5) is 5.69 Å². The van der Waals surface area contributed by atoms with Crippen LogP contribution in [0.3, 0.4) is 0 Å². The van der Waals surface area contributed by atoms with E-state index < -0.39 is 4.92 Å². The van der Waals surface area contributed by atoms with E-state index in [1.165, 1.54) is 12.1 Å². The summed E-state index contributed by atoms with van der Waals surface area (Å²) >= 11 is 0. The van der Waals surface area contributed by atoms with Crippen molar-refractivity contribution in [1.29, 1.82) is 0 Å². The molecule has 0 saturated carbocycles. The lowest BCUT2D eigenvalue weighted by Crippen LogP contribution is -2.20. The summed E-state index contributed by atoms with van der Waals surface area (Å²) in [5, 5.41) is 13.9. The van der Waals surface area contributed by atoms with Crippen molar-refractivity contribution < 1.29 is 4.92 Å². The van der Waals surface area contributed by atoms with Gasteiger partial charge in [-0.2, -0.15) is 0 Å². The largest absolute Gasteiger partial charge is 0.337 e. The lowest BCUT2D eigenvalue weighted by atomic mass is 10.1. The Bertz CT molecular complexity index is 562. The first kappa shape index (κ1) is 13.2. The van der Waals surface area contributed by atoms with E-state index in [-0.39, 0.29) is 11.7 Å². The third-order valence-corrected chi connectivity index (χ3v) is 3.09. The number of hydrogen-bond donors (Lipinski definition) is 1. The molecule has 6 nitrogen and oxygen atoms in total. The predicted molar refractivity (Wildman–Crippen MR) is 71.6 cm³/mol. The number of rotatable bonds is 5. The summed E-state index contributed by atoms with van der Waals surface area (Å²) in [7, 11) is 1.94. The third kappa shape index (κ3) is 3.17. The summed E-state index contributed by atoms with van der Waals surface area (Å²) in [6, 6.07) is 6.70. The van der Waals surface area contributed by atoms with Crippen LogP contribution in [0.1, 0.15) is 24.4 Å². The molecule has 6 heteroatoms. The topological polar surface area (TPSA) is 73.0 Å². The maximum atomic E-state index is 10.6. The normalized spacial score (nSPS) is 12.3. The monoisotopic (exact) mass is 260 g/mol. The number of nitrogens with one attached hydrogen (secondary N) is 1. The number of hydrogen-bond acceptors (Lipinski definition) is 4. The zero-order valence-electron chi connectivity index (χ0n) is 10.9. The van der Waals surface area contributed by atoms with Crippen LogP contribution >= 0.6 is 0 Å². The van der Waals surface area contributed by atoms with Gasteiger partial charge in [-0.3, -0.25) is 10.1 Å². The summed E-state index contributed by atoms with van der Waals surface area (Å²) < 4.78 is 1.95. The average molecular weight is 260 g/mol. The summed E-state index contributed by atoms with van der Waals surface area (Å²) in [5.41, 5.74) is 1.12. The van der Waals surface area contributed by atoms with Crippen molar-refractivity contribution in [3.05, 3.63) is 58.2 Å². The molecule has 19 heavy (non-hydrogen) atoms.